The number of hydrogen-bond acceptors (Lipinski definition) is 7. The molecular weight excluding hydrogens is 500 g/mol. The molecule has 4 heterocycles. The van der Waals surface area contributed by atoms with Crippen LogP contribution in [0.5, 0.6) is 5.75 Å². The molecule has 0 spiro atoms. The summed E-state index contributed by atoms with van der Waals surface area (Å²) >= 11 is 0. The molecule has 8 heteroatoms. The van der Waals surface area contributed by atoms with E-state index in [1.54, 1.807) is 6.20 Å². The van der Waals surface area contributed by atoms with E-state index in [2.05, 4.69) is 50.2 Å². The summed E-state index contributed by atoms with van der Waals surface area (Å²) in [6.45, 7) is 9.82. The first-order valence-electron chi connectivity index (χ1n) is 14.2. The van der Waals surface area contributed by atoms with E-state index in [9.17, 15) is 5.26 Å². The highest BCUT2D eigenvalue weighted by Crippen LogP contribution is 2.35. The lowest BCUT2D eigenvalue weighted by molar-refractivity contribution is 0.0000705. The van der Waals surface area contributed by atoms with Crippen LogP contribution in [-0.4, -0.2) is 78.4 Å². The fourth-order valence-corrected chi connectivity index (χ4v) is 5.93. The summed E-state index contributed by atoms with van der Waals surface area (Å²) in [5.74, 6) is 0.847. The van der Waals surface area contributed by atoms with E-state index in [0.717, 1.165) is 90.7 Å². The maximum atomic E-state index is 9.84. The zero-order chi connectivity index (χ0) is 27.3. The van der Waals surface area contributed by atoms with Crippen LogP contribution in [0, 0.1) is 18.3 Å². The number of likely N-dealkylation sites (tertiary alicyclic amines) is 1. The summed E-state index contributed by atoms with van der Waals surface area (Å²) in [5, 5.41) is 14.5. The number of aromatic nitrogens is 2. The van der Waals surface area contributed by atoms with Crippen molar-refractivity contribution in [2.45, 2.75) is 25.8 Å². The number of anilines is 2. The van der Waals surface area contributed by atoms with Gasteiger partial charge in [-0.3, -0.25) is 14.8 Å². The van der Waals surface area contributed by atoms with E-state index >= 15 is 0 Å². The van der Waals surface area contributed by atoms with Gasteiger partial charge in [0.15, 0.2) is 0 Å². The molecule has 2 fully saturated rings. The number of nitrogens with zero attached hydrogens (tertiary/aromatic N) is 4. The molecule has 8 nitrogen and oxygen atoms in total. The van der Waals surface area contributed by atoms with Crippen LogP contribution < -0.4 is 10.1 Å². The highest BCUT2D eigenvalue weighted by molar-refractivity contribution is 5.91. The first-order valence-corrected chi connectivity index (χ1v) is 14.2. The zero-order valence-corrected chi connectivity index (χ0v) is 23.0. The van der Waals surface area contributed by atoms with Crippen LogP contribution in [0.15, 0.2) is 61.1 Å². The Morgan fingerprint density at radius 3 is 2.62 bits per heavy atom. The highest BCUT2D eigenvalue weighted by Gasteiger charge is 2.25. The van der Waals surface area contributed by atoms with E-state index in [0.29, 0.717) is 18.2 Å². The van der Waals surface area contributed by atoms with Gasteiger partial charge in [0, 0.05) is 66.4 Å². The van der Waals surface area contributed by atoms with Gasteiger partial charge in [0.1, 0.15) is 18.4 Å². The quantitative estimate of drug-likeness (QED) is 0.315. The third-order valence-corrected chi connectivity index (χ3v) is 8.29. The molecule has 0 saturated carbocycles. The monoisotopic (exact) mass is 536 g/mol. The number of H-pyrrole nitrogens is 1. The number of nitrogens with one attached hydrogen (secondary N) is 2. The molecule has 40 heavy (non-hydrogen) atoms. The number of morpholine rings is 1. The van der Waals surface area contributed by atoms with Crippen LogP contribution in [0.3, 0.4) is 0 Å². The molecule has 206 valence electrons. The number of hydrogen-bond donors (Lipinski definition) is 2. The molecule has 0 atom stereocenters. The van der Waals surface area contributed by atoms with Crippen molar-refractivity contribution >= 4 is 22.3 Å². The summed E-state index contributed by atoms with van der Waals surface area (Å²) in [4.78, 5) is 12.7. The Bertz CT molecular complexity index is 1480. The van der Waals surface area contributed by atoms with Crippen LogP contribution >= 0.6 is 0 Å². The number of rotatable bonds is 8. The molecule has 2 saturated heterocycles. The maximum Gasteiger partial charge on any atom is 0.119 e. The smallest absolute Gasteiger partial charge is 0.119 e. The molecule has 2 aliphatic rings. The number of benzene rings is 2. The molecule has 0 aliphatic carbocycles. The van der Waals surface area contributed by atoms with Crippen LogP contribution in [0.1, 0.15) is 24.0 Å². The minimum absolute atomic E-state index is 0.504. The number of fused-ring (bicyclic) bond motifs is 1. The summed E-state index contributed by atoms with van der Waals surface area (Å²) < 4.78 is 11.6. The Balaban J connectivity index is 1.08. The van der Waals surface area contributed by atoms with Gasteiger partial charge in [0.05, 0.1) is 24.5 Å². The number of ether oxygens (including phenoxy) is 2. The molecule has 2 N–H and O–H groups in total. The van der Waals surface area contributed by atoms with Crippen LogP contribution in [-0.2, 0) is 4.74 Å². The molecule has 2 aromatic carbocycles. The second-order valence-corrected chi connectivity index (χ2v) is 10.6. The number of aryl methyl sites for hydroxylation is 1. The summed E-state index contributed by atoms with van der Waals surface area (Å²) in [6, 6.07) is 17.2. The number of piperidine rings is 1. The second kappa shape index (κ2) is 12.1. The number of nitriles is 1. The fraction of sp³-hybridized carbons (Fsp3) is 0.375. The Morgan fingerprint density at radius 1 is 1.05 bits per heavy atom. The van der Waals surface area contributed by atoms with E-state index in [1.165, 1.54) is 12.8 Å². The molecule has 0 amide bonds. The van der Waals surface area contributed by atoms with Crippen molar-refractivity contribution in [3.63, 3.8) is 0 Å². The molecular formula is C32H36N6O2. The lowest BCUT2D eigenvalue weighted by Gasteiger charge is -2.40. The Hall–Kier alpha value is -3.90. The first-order chi connectivity index (χ1) is 19.7. The largest absolute Gasteiger partial charge is 0.492 e. The van der Waals surface area contributed by atoms with Crippen molar-refractivity contribution in [3.8, 4) is 22.9 Å². The van der Waals surface area contributed by atoms with E-state index < -0.39 is 0 Å². The molecule has 0 radical (unpaired) electrons. The summed E-state index contributed by atoms with van der Waals surface area (Å²) in [5.41, 5.74) is 6.29. The van der Waals surface area contributed by atoms with Gasteiger partial charge < -0.3 is 19.8 Å². The molecule has 2 aromatic heterocycles. The third-order valence-electron chi connectivity index (χ3n) is 8.29. The van der Waals surface area contributed by atoms with Gasteiger partial charge in [0.2, 0.25) is 0 Å². The third kappa shape index (κ3) is 5.68. The average molecular weight is 537 g/mol. The highest BCUT2D eigenvalue weighted by atomic mass is 16.5. The van der Waals surface area contributed by atoms with Crippen molar-refractivity contribution in [3.05, 3.63) is 72.2 Å². The lowest BCUT2D eigenvalue weighted by Crippen LogP contribution is -2.49. The van der Waals surface area contributed by atoms with E-state index in [4.69, 9.17) is 9.47 Å². The zero-order valence-electron chi connectivity index (χ0n) is 23.0. The van der Waals surface area contributed by atoms with Gasteiger partial charge in [-0.1, -0.05) is 12.1 Å². The van der Waals surface area contributed by atoms with Gasteiger partial charge >= 0.3 is 0 Å². The molecule has 2 aliphatic heterocycles. The fourth-order valence-electron chi connectivity index (χ4n) is 5.93. The van der Waals surface area contributed by atoms with E-state index in [1.807, 2.05) is 42.7 Å². The van der Waals surface area contributed by atoms with Gasteiger partial charge in [-0.25, -0.2) is 0 Å². The summed E-state index contributed by atoms with van der Waals surface area (Å²) in [7, 11) is 0. The van der Waals surface area contributed by atoms with Crippen molar-refractivity contribution in [2.24, 2.45) is 0 Å². The Morgan fingerprint density at radius 2 is 1.85 bits per heavy atom. The summed E-state index contributed by atoms with van der Waals surface area (Å²) in [6.07, 6.45) is 7.80. The van der Waals surface area contributed by atoms with Gasteiger partial charge in [-0.2, -0.15) is 5.26 Å². The molecule has 0 unspecified atom stereocenters. The maximum absolute atomic E-state index is 9.84. The molecule has 6 rings (SSSR count). The van der Waals surface area contributed by atoms with E-state index in [-0.39, 0.29) is 0 Å². The SMILES string of the molecule is Cc1c(Nc2c(C#N)cncc2-c2ccc(OCCN3CCC(N4CCOCC4)CC3)cc2)ccc2[nH]ccc12. The van der Waals surface area contributed by atoms with Crippen LogP contribution in [0.2, 0.25) is 0 Å². The minimum Gasteiger partial charge on any atom is -0.492 e. The van der Waals surface area contributed by atoms with Gasteiger partial charge in [-0.05, 0) is 74.3 Å². The van der Waals surface area contributed by atoms with Crippen molar-refractivity contribution in [1.82, 2.24) is 19.8 Å². The predicted molar refractivity (Wildman–Crippen MR) is 158 cm³/mol. The van der Waals surface area contributed by atoms with Gasteiger partial charge in [0.25, 0.3) is 0 Å². The first kappa shape index (κ1) is 26.3. The van der Waals surface area contributed by atoms with Gasteiger partial charge in [-0.15, -0.1) is 0 Å². The van der Waals surface area contributed by atoms with Crippen molar-refractivity contribution in [1.29, 1.82) is 5.26 Å². The second-order valence-electron chi connectivity index (χ2n) is 10.6. The van der Waals surface area contributed by atoms with Crippen LogP contribution in [0.25, 0.3) is 22.0 Å². The average Bonchev–Trinajstić information content (AvgIpc) is 3.50. The Labute approximate surface area is 235 Å². The molecule has 0 bridgehead atoms. The standard InChI is InChI=1S/C32H36N6O2/c1-23-28-8-11-35-31(28)7-6-30(23)36-32-25(20-33)21-34-22-29(32)24-2-4-27(5-3-24)40-19-14-37-12-9-26(10-13-37)38-15-17-39-18-16-38/h2-8,11,21-22,26,35H,9-10,12-19H2,1H3,(H,34,36). The topological polar surface area (TPSA) is 89.4 Å². The van der Waals surface area contributed by atoms with Crippen molar-refractivity contribution in [2.75, 3.05) is 57.9 Å². The minimum atomic E-state index is 0.504. The Kier molecular flexibility index (Phi) is 7.96. The van der Waals surface area contributed by atoms with Crippen molar-refractivity contribution < 1.29 is 9.47 Å². The predicted octanol–water partition coefficient (Wildman–Crippen LogP) is 5.33. The lowest BCUT2D eigenvalue weighted by atomic mass is 10.0. The van der Waals surface area contributed by atoms with Crippen LogP contribution in [0.4, 0.5) is 11.4 Å². The normalized spacial score (nSPS) is 17.1. The number of aromatic amines is 1. The molecule has 4 aromatic rings. The number of pyridine rings is 1.